The number of aryl methyl sites for hydroxylation is 2. The highest BCUT2D eigenvalue weighted by atomic mass is 19.1. The molecule has 0 fully saturated rings. The molecule has 0 saturated heterocycles. The van der Waals surface area contributed by atoms with Crippen LogP contribution in [0.25, 0.3) is 0 Å². The Kier molecular flexibility index (Phi) is 5.09. The highest BCUT2D eigenvalue weighted by Crippen LogP contribution is 2.26. The van der Waals surface area contributed by atoms with Gasteiger partial charge in [0.15, 0.2) is 0 Å². The molecule has 2 aromatic rings. The normalized spacial score (nSPS) is 10.5. The lowest BCUT2D eigenvalue weighted by molar-refractivity contribution is 0.450. The third-order valence-corrected chi connectivity index (χ3v) is 2.95. The number of nitrogens with zero attached hydrogens (tertiary/aromatic N) is 2. The van der Waals surface area contributed by atoms with Gasteiger partial charge in [0, 0.05) is 25.1 Å². The zero-order valence-electron chi connectivity index (χ0n) is 12.6. The second-order valence-electron chi connectivity index (χ2n) is 4.80. The average molecular weight is 289 g/mol. The van der Waals surface area contributed by atoms with Gasteiger partial charge in [0.25, 0.3) is 0 Å². The summed E-state index contributed by atoms with van der Waals surface area (Å²) in [6.07, 6.45) is 1.73. The van der Waals surface area contributed by atoms with E-state index in [9.17, 15) is 4.39 Å². The van der Waals surface area contributed by atoms with E-state index in [-0.39, 0.29) is 5.82 Å². The van der Waals surface area contributed by atoms with Gasteiger partial charge in [-0.3, -0.25) is 0 Å². The monoisotopic (exact) mass is 289 g/mol. The molecule has 21 heavy (non-hydrogen) atoms. The molecule has 0 saturated carbocycles. The molecule has 5 heteroatoms. The Hall–Kier alpha value is -2.17. The van der Waals surface area contributed by atoms with Gasteiger partial charge in [-0.2, -0.15) is 4.98 Å². The predicted octanol–water partition coefficient (Wildman–Crippen LogP) is 4.10. The Morgan fingerprint density at radius 3 is 2.71 bits per heavy atom. The summed E-state index contributed by atoms with van der Waals surface area (Å²) in [5.41, 5.74) is 0.858. The average Bonchev–Trinajstić information content (AvgIpc) is 2.43. The van der Waals surface area contributed by atoms with Gasteiger partial charge in [-0.1, -0.05) is 13.0 Å². The summed E-state index contributed by atoms with van der Waals surface area (Å²) in [6, 6.07) is 6.19. The van der Waals surface area contributed by atoms with E-state index in [0.717, 1.165) is 36.6 Å². The number of anilines is 1. The molecule has 0 aliphatic rings. The first-order chi connectivity index (χ1) is 10.1. The number of hydrogen-bond donors (Lipinski definition) is 1. The summed E-state index contributed by atoms with van der Waals surface area (Å²) in [5, 5.41) is 3.15. The highest BCUT2D eigenvalue weighted by Gasteiger charge is 2.08. The summed E-state index contributed by atoms with van der Waals surface area (Å²) in [7, 11) is 0. The maximum absolute atomic E-state index is 13.3. The van der Waals surface area contributed by atoms with E-state index in [1.165, 1.54) is 12.1 Å². The number of benzene rings is 1. The van der Waals surface area contributed by atoms with Crippen LogP contribution in [0.15, 0.2) is 24.3 Å². The van der Waals surface area contributed by atoms with Gasteiger partial charge in [-0.15, -0.1) is 0 Å². The van der Waals surface area contributed by atoms with Crippen LogP contribution in [-0.2, 0) is 6.42 Å². The summed E-state index contributed by atoms with van der Waals surface area (Å²) >= 11 is 0. The van der Waals surface area contributed by atoms with Crippen LogP contribution >= 0.6 is 0 Å². The van der Waals surface area contributed by atoms with Crippen molar-refractivity contribution in [3.63, 3.8) is 0 Å². The number of aromatic nitrogens is 2. The molecule has 0 aliphatic heterocycles. The number of rotatable bonds is 6. The van der Waals surface area contributed by atoms with Gasteiger partial charge >= 0.3 is 0 Å². The van der Waals surface area contributed by atoms with Gasteiger partial charge < -0.3 is 10.1 Å². The van der Waals surface area contributed by atoms with Gasteiger partial charge in [0.1, 0.15) is 23.2 Å². The topological polar surface area (TPSA) is 47.0 Å². The summed E-state index contributed by atoms with van der Waals surface area (Å²) in [6.45, 7) is 6.70. The fourth-order valence-electron chi connectivity index (χ4n) is 1.93. The smallest absolute Gasteiger partial charge is 0.224 e. The van der Waals surface area contributed by atoms with Crippen LogP contribution in [0, 0.1) is 12.7 Å². The molecule has 0 unspecified atom stereocenters. The first-order valence-electron chi connectivity index (χ1n) is 7.18. The van der Waals surface area contributed by atoms with Crippen LogP contribution in [0.5, 0.6) is 11.6 Å². The molecule has 2 rings (SSSR count). The first-order valence-corrected chi connectivity index (χ1v) is 7.18. The summed E-state index contributed by atoms with van der Waals surface area (Å²) in [5.74, 6) is 2.02. The Balaban J connectivity index is 2.31. The zero-order valence-corrected chi connectivity index (χ0v) is 12.6. The van der Waals surface area contributed by atoms with Crippen LogP contribution in [-0.4, -0.2) is 16.5 Å². The minimum atomic E-state index is -0.328. The standard InChI is InChI=1S/C16H20FN3O/c1-4-6-14-19-15(18-5-2)10-16(20-14)21-13-9-12(17)8-7-11(13)3/h7-10H,4-6H2,1-3H3,(H,18,19,20). The van der Waals surface area contributed by atoms with Crippen LogP contribution in [0.2, 0.25) is 0 Å². The van der Waals surface area contributed by atoms with E-state index in [0.29, 0.717) is 11.6 Å². The largest absolute Gasteiger partial charge is 0.438 e. The molecule has 0 atom stereocenters. The van der Waals surface area contributed by atoms with Gasteiger partial charge in [0.05, 0.1) is 0 Å². The minimum Gasteiger partial charge on any atom is -0.438 e. The lowest BCUT2D eigenvalue weighted by Crippen LogP contribution is -2.05. The van der Waals surface area contributed by atoms with E-state index >= 15 is 0 Å². The van der Waals surface area contributed by atoms with Gasteiger partial charge in [-0.25, -0.2) is 9.37 Å². The second-order valence-corrected chi connectivity index (χ2v) is 4.80. The molecule has 1 aromatic heterocycles. The van der Waals surface area contributed by atoms with Crippen molar-refractivity contribution in [2.24, 2.45) is 0 Å². The van der Waals surface area contributed by atoms with Crippen molar-refractivity contribution in [3.05, 3.63) is 41.5 Å². The maximum atomic E-state index is 13.3. The fourth-order valence-corrected chi connectivity index (χ4v) is 1.93. The summed E-state index contributed by atoms with van der Waals surface area (Å²) < 4.78 is 19.1. The second kappa shape index (κ2) is 7.02. The number of halogens is 1. The molecule has 0 radical (unpaired) electrons. The molecule has 4 nitrogen and oxygen atoms in total. The Labute approximate surface area is 124 Å². The van der Waals surface area contributed by atoms with Crippen molar-refractivity contribution >= 4 is 5.82 Å². The molecule has 0 bridgehead atoms. The molecule has 1 N–H and O–H groups in total. The van der Waals surface area contributed by atoms with E-state index in [1.807, 2.05) is 13.8 Å². The maximum Gasteiger partial charge on any atom is 0.224 e. The lowest BCUT2D eigenvalue weighted by Gasteiger charge is -2.11. The molecular formula is C16H20FN3O. The first kappa shape index (κ1) is 15.2. The van der Waals surface area contributed by atoms with Gasteiger partial charge in [-0.05, 0) is 31.9 Å². The zero-order chi connectivity index (χ0) is 15.2. The third-order valence-electron chi connectivity index (χ3n) is 2.95. The summed E-state index contributed by atoms with van der Waals surface area (Å²) in [4.78, 5) is 8.79. The van der Waals surface area contributed by atoms with Crippen molar-refractivity contribution in [2.75, 3.05) is 11.9 Å². The van der Waals surface area contributed by atoms with E-state index < -0.39 is 0 Å². The van der Waals surface area contributed by atoms with Crippen molar-refractivity contribution in [1.29, 1.82) is 0 Å². The van der Waals surface area contributed by atoms with Crippen molar-refractivity contribution < 1.29 is 9.13 Å². The van der Waals surface area contributed by atoms with Crippen LogP contribution in [0.3, 0.4) is 0 Å². The fraction of sp³-hybridized carbons (Fsp3) is 0.375. The Morgan fingerprint density at radius 2 is 2.00 bits per heavy atom. The van der Waals surface area contributed by atoms with Crippen LogP contribution in [0.4, 0.5) is 10.2 Å². The van der Waals surface area contributed by atoms with Crippen LogP contribution < -0.4 is 10.1 Å². The molecule has 0 aliphatic carbocycles. The van der Waals surface area contributed by atoms with Crippen molar-refractivity contribution in [2.45, 2.75) is 33.6 Å². The van der Waals surface area contributed by atoms with E-state index in [2.05, 4.69) is 22.2 Å². The quantitative estimate of drug-likeness (QED) is 0.869. The predicted molar refractivity (Wildman–Crippen MR) is 81.4 cm³/mol. The number of nitrogens with one attached hydrogen (secondary N) is 1. The van der Waals surface area contributed by atoms with Crippen LogP contribution in [0.1, 0.15) is 31.7 Å². The molecule has 112 valence electrons. The molecule has 0 amide bonds. The molecule has 1 heterocycles. The van der Waals surface area contributed by atoms with Gasteiger partial charge in [0.2, 0.25) is 5.88 Å². The number of hydrogen-bond acceptors (Lipinski definition) is 4. The molecule has 0 spiro atoms. The third kappa shape index (κ3) is 4.15. The lowest BCUT2D eigenvalue weighted by atomic mass is 10.2. The van der Waals surface area contributed by atoms with E-state index in [1.54, 1.807) is 12.1 Å². The van der Waals surface area contributed by atoms with Crippen molar-refractivity contribution in [1.82, 2.24) is 9.97 Å². The van der Waals surface area contributed by atoms with Crippen molar-refractivity contribution in [3.8, 4) is 11.6 Å². The van der Waals surface area contributed by atoms with E-state index in [4.69, 9.17) is 4.74 Å². The highest BCUT2D eigenvalue weighted by molar-refractivity contribution is 5.41. The SMILES string of the molecule is CCCc1nc(NCC)cc(Oc2cc(F)ccc2C)n1. The molecular weight excluding hydrogens is 269 g/mol. The minimum absolute atomic E-state index is 0.328. The number of ether oxygens (including phenoxy) is 1. The Bertz CT molecular complexity index is 592. The molecule has 1 aromatic carbocycles. The Morgan fingerprint density at radius 1 is 1.19 bits per heavy atom.